The third kappa shape index (κ3) is 3.26. The molecule has 0 spiro atoms. The largest absolute Gasteiger partial charge is 0.394 e. The van der Waals surface area contributed by atoms with Crippen LogP contribution in [0.2, 0.25) is 0 Å². The highest BCUT2D eigenvalue weighted by atomic mass is 32.2. The highest BCUT2D eigenvalue weighted by Gasteiger charge is 2.25. The van der Waals surface area contributed by atoms with Gasteiger partial charge in [-0.05, 0) is 11.4 Å². The topological polar surface area (TPSA) is 75.4 Å². The molecule has 0 fully saturated rings. The summed E-state index contributed by atoms with van der Waals surface area (Å²) in [7, 11) is -3.55. The maximum atomic E-state index is 12.5. The van der Waals surface area contributed by atoms with Gasteiger partial charge >= 0.3 is 0 Å². The monoisotopic (exact) mass is 315 g/mol. The third-order valence-electron chi connectivity index (χ3n) is 2.84. The van der Waals surface area contributed by atoms with Crippen molar-refractivity contribution >= 4 is 21.4 Å². The molecular formula is C12H17N3O3S2. The van der Waals surface area contributed by atoms with Gasteiger partial charge in [-0.3, -0.25) is 4.68 Å². The van der Waals surface area contributed by atoms with E-state index in [9.17, 15) is 8.42 Å². The van der Waals surface area contributed by atoms with E-state index in [4.69, 9.17) is 5.11 Å². The van der Waals surface area contributed by atoms with Crippen LogP contribution in [0.5, 0.6) is 0 Å². The molecule has 2 rings (SSSR count). The van der Waals surface area contributed by atoms with Crippen LogP contribution >= 0.6 is 11.3 Å². The van der Waals surface area contributed by atoms with Crippen molar-refractivity contribution in [2.45, 2.75) is 24.9 Å². The van der Waals surface area contributed by atoms with Gasteiger partial charge < -0.3 is 5.11 Å². The molecule has 0 aliphatic rings. The van der Waals surface area contributed by atoms with Gasteiger partial charge in [0.15, 0.2) is 0 Å². The minimum atomic E-state index is -3.55. The Balaban J connectivity index is 2.21. The average molecular weight is 315 g/mol. The fourth-order valence-electron chi connectivity index (χ4n) is 1.79. The van der Waals surface area contributed by atoms with Crippen LogP contribution in [0.1, 0.15) is 11.8 Å². The molecule has 1 N–H and O–H groups in total. The number of nitrogens with zero attached hydrogens (tertiary/aromatic N) is 3. The van der Waals surface area contributed by atoms with E-state index in [1.807, 2.05) is 24.4 Å². The fourth-order valence-corrected chi connectivity index (χ4v) is 3.98. The molecule has 110 valence electrons. The average Bonchev–Trinajstić information content (AvgIpc) is 3.07. The molecule has 20 heavy (non-hydrogen) atoms. The third-order valence-corrected chi connectivity index (χ3v) is 5.58. The van der Waals surface area contributed by atoms with Crippen molar-refractivity contribution in [2.24, 2.45) is 0 Å². The van der Waals surface area contributed by atoms with Crippen LogP contribution in [0.4, 0.5) is 0 Å². The predicted octanol–water partition coefficient (Wildman–Crippen LogP) is 1.15. The van der Waals surface area contributed by atoms with Gasteiger partial charge in [-0.15, -0.1) is 11.3 Å². The van der Waals surface area contributed by atoms with Crippen LogP contribution in [-0.4, -0.2) is 40.8 Å². The second kappa shape index (κ2) is 6.49. The lowest BCUT2D eigenvalue weighted by Gasteiger charge is -2.18. The minimum absolute atomic E-state index is 0.0755. The van der Waals surface area contributed by atoms with Gasteiger partial charge in [0.2, 0.25) is 10.0 Å². The lowest BCUT2D eigenvalue weighted by Crippen LogP contribution is -2.29. The summed E-state index contributed by atoms with van der Waals surface area (Å²) in [6.45, 7) is 2.77. The summed E-state index contributed by atoms with van der Waals surface area (Å²) in [6, 6.07) is 3.82. The Morgan fingerprint density at radius 1 is 1.50 bits per heavy atom. The van der Waals surface area contributed by atoms with Crippen molar-refractivity contribution < 1.29 is 13.5 Å². The van der Waals surface area contributed by atoms with E-state index >= 15 is 0 Å². The zero-order chi connectivity index (χ0) is 14.6. The number of aliphatic hydroxyl groups excluding tert-OH is 1. The van der Waals surface area contributed by atoms with E-state index in [0.29, 0.717) is 13.1 Å². The van der Waals surface area contributed by atoms with Crippen LogP contribution in [0.25, 0.3) is 0 Å². The molecule has 0 atom stereocenters. The zero-order valence-corrected chi connectivity index (χ0v) is 12.8. The highest BCUT2D eigenvalue weighted by Crippen LogP contribution is 2.19. The number of hydrogen-bond acceptors (Lipinski definition) is 5. The van der Waals surface area contributed by atoms with Crippen molar-refractivity contribution in [2.75, 3.05) is 13.2 Å². The first-order valence-electron chi connectivity index (χ1n) is 6.23. The smallest absolute Gasteiger partial charge is 0.246 e. The maximum Gasteiger partial charge on any atom is 0.246 e. The molecule has 0 radical (unpaired) electrons. The minimum Gasteiger partial charge on any atom is -0.394 e. The molecule has 6 nitrogen and oxygen atoms in total. The number of rotatable bonds is 7. The molecular weight excluding hydrogens is 298 g/mol. The van der Waals surface area contributed by atoms with E-state index in [2.05, 4.69) is 5.10 Å². The number of hydrogen-bond donors (Lipinski definition) is 1. The van der Waals surface area contributed by atoms with Crippen LogP contribution in [-0.2, 0) is 23.1 Å². The molecule has 0 aliphatic carbocycles. The fraction of sp³-hybridized carbons (Fsp3) is 0.417. The molecule has 2 aromatic heterocycles. The summed E-state index contributed by atoms with van der Waals surface area (Å²) in [4.78, 5) is 1.16. The van der Waals surface area contributed by atoms with Crippen molar-refractivity contribution in [1.29, 1.82) is 0 Å². The predicted molar refractivity (Wildman–Crippen MR) is 76.9 cm³/mol. The van der Waals surface area contributed by atoms with Crippen molar-refractivity contribution in [3.8, 4) is 0 Å². The molecule has 2 heterocycles. The molecule has 0 bridgehead atoms. The first-order valence-corrected chi connectivity index (χ1v) is 8.55. The summed E-state index contributed by atoms with van der Waals surface area (Å²) in [5, 5.41) is 14.7. The second-order valence-electron chi connectivity index (χ2n) is 4.17. The van der Waals surface area contributed by atoms with Crippen molar-refractivity contribution in [1.82, 2.24) is 14.1 Å². The van der Waals surface area contributed by atoms with Crippen LogP contribution in [0.3, 0.4) is 0 Å². The quantitative estimate of drug-likeness (QED) is 0.831. The van der Waals surface area contributed by atoms with Gasteiger partial charge in [0.1, 0.15) is 4.90 Å². The van der Waals surface area contributed by atoms with Gasteiger partial charge in [0.25, 0.3) is 0 Å². The molecule has 0 amide bonds. The van der Waals surface area contributed by atoms with Gasteiger partial charge in [-0.2, -0.15) is 9.40 Å². The normalized spacial score (nSPS) is 12.2. The van der Waals surface area contributed by atoms with Crippen LogP contribution in [0, 0.1) is 0 Å². The standard InChI is InChI=1S/C12H17N3O3S2/c1-2-15(9-11-4-3-7-19-11)20(17,18)12-8-13-14(10-12)5-6-16/h3-4,7-8,10,16H,2,5-6,9H2,1H3. The number of aliphatic hydroxyl groups is 1. The Hall–Kier alpha value is -1.22. The van der Waals surface area contributed by atoms with E-state index < -0.39 is 10.0 Å². The summed E-state index contributed by atoms with van der Waals surface area (Å²) in [6.07, 6.45) is 2.77. The van der Waals surface area contributed by atoms with E-state index in [0.717, 1.165) is 4.88 Å². The summed E-state index contributed by atoms with van der Waals surface area (Å²) < 4.78 is 27.9. The van der Waals surface area contributed by atoms with E-state index in [1.165, 1.54) is 32.7 Å². The van der Waals surface area contributed by atoms with E-state index in [1.54, 1.807) is 0 Å². The van der Waals surface area contributed by atoms with E-state index in [-0.39, 0.29) is 18.0 Å². The van der Waals surface area contributed by atoms with Crippen LogP contribution in [0.15, 0.2) is 34.8 Å². The first kappa shape index (κ1) is 15.2. The molecule has 0 saturated carbocycles. The Labute approximate surface area is 122 Å². The second-order valence-corrected chi connectivity index (χ2v) is 7.14. The SMILES string of the molecule is CCN(Cc1cccs1)S(=O)(=O)c1cnn(CCO)c1. The van der Waals surface area contributed by atoms with Gasteiger partial charge in [-0.25, -0.2) is 8.42 Å². The van der Waals surface area contributed by atoms with Crippen molar-refractivity contribution in [3.05, 3.63) is 34.8 Å². The number of sulfonamides is 1. The number of aromatic nitrogens is 2. The summed E-state index contributed by atoms with van der Waals surface area (Å²) >= 11 is 1.53. The molecule has 0 aliphatic heterocycles. The van der Waals surface area contributed by atoms with Gasteiger partial charge in [-0.1, -0.05) is 13.0 Å². The maximum absolute atomic E-state index is 12.5. The Morgan fingerprint density at radius 2 is 2.30 bits per heavy atom. The number of thiophene rings is 1. The van der Waals surface area contributed by atoms with Crippen molar-refractivity contribution in [3.63, 3.8) is 0 Å². The lowest BCUT2D eigenvalue weighted by atomic mass is 10.4. The highest BCUT2D eigenvalue weighted by molar-refractivity contribution is 7.89. The zero-order valence-electron chi connectivity index (χ0n) is 11.1. The summed E-state index contributed by atoms with van der Waals surface area (Å²) in [5.41, 5.74) is 0. The Morgan fingerprint density at radius 3 is 2.90 bits per heavy atom. The Kier molecular flexibility index (Phi) is 4.92. The molecule has 0 unspecified atom stereocenters. The Bertz CT molecular complexity index is 635. The molecule has 0 saturated heterocycles. The summed E-state index contributed by atoms with van der Waals surface area (Å²) in [5.74, 6) is 0. The lowest BCUT2D eigenvalue weighted by molar-refractivity contribution is 0.269. The first-order chi connectivity index (χ1) is 9.57. The molecule has 0 aromatic carbocycles. The van der Waals surface area contributed by atoms with Gasteiger partial charge in [0.05, 0.1) is 19.3 Å². The van der Waals surface area contributed by atoms with Crippen LogP contribution < -0.4 is 0 Å². The van der Waals surface area contributed by atoms with Gasteiger partial charge in [0, 0.05) is 24.2 Å². The molecule has 2 aromatic rings. The molecule has 8 heteroatoms.